The third-order valence-electron chi connectivity index (χ3n) is 2.60. The van der Waals surface area contributed by atoms with Crippen LogP contribution in [0.3, 0.4) is 0 Å². The monoisotopic (exact) mass is 282 g/mol. The molecule has 0 amide bonds. The van der Waals surface area contributed by atoms with Gasteiger partial charge in [0, 0.05) is 10.6 Å². The second-order valence-electron chi connectivity index (χ2n) is 4.07. The van der Waals surface area contributed by atoms with Crippen molar-refractivity contribution in [2.24, 2.45) is 0 Å². The van der Waals surface area contributed by atoms with Crippen molar-refractivity contribution in [1.29, 1.82) is 0 Å². The average Bonchev–Trinajstić information content (AvgIpc) is 2.28. The predicted molar refractivity (Wildman–Crippen MR) is 72.8 cm³/mol. The molecule has 1 heterocycles. The van der Waals surface area contributed by atoms with E-state index < -0.39 is 0 Å². The van der Waals surface area contributed by atoms with Crippen LogP contribution in [-0.2, 0) is 0 Å². The lowest BCUT2D eigenvalue weighted by atomic mass is 10.1. The van der Waals surface area contributed by atoms with E-state index >= 15 is 0 Å². The van der Waals surface area contributed by atoms with Crippen LogP contribution in [-0.4, -0.2) is 9.97 Å². The van der Waals surface area contributed by atoms with Crippen molar-refractivity contribution in [2.45, 2.75) is 20.8 Å². The van der Waals surface area contributed by atoms with Gasteiger partial charge in [0.1, 0.15) is 17.2 Å². The molecule has 18 heavy (non-hydrogen) atoms. The van der Waals surface area contributed by atoms with Gasteiger partial charge in [-0.1, -0.05) is 23.2 Å². The lowest BCUT2D eigenvalue weighted by molar-refractivity contribution is 0.450. The third-order valence-corrected chi connectivity index (χ3v) is 3.20. The molecule has 0 atom stereocenters. The molecular weight excluding hydrogens is 271 g/mol. The van der Waals surface area contributed by atoms with Gasteiger partial charge >= 0.3 is 0 Å². The van der Waals surface area contributed by atoms with Crippen LogP contribution in [0.25, 0.3) is 0 Å². The number of aryl methyl sites for hydroxylation is 2. The minimum Gasteiger partial charge on any atom is -0.438 e. The molecule has 0 aliphatic heterocycles. The third kappa shape index (κ3) is 2.57. The van der Waals surface area contributed by atoms with Gasteiger partial charge in [-0.2, -0.15) is 0 Å². The maximum Gasteiger partial charge on any atom is 0.226 e. The Morgan fingerprint density at radius 1 is 1.00 bits per heavy atom. The van der Waals surface area contributed by atoms with E-state index in [0.717, 1.165) is 16.9 Å². The average molecular weight is 283 g/mol. The first-order valence-corrected chi connectivity index (χ1v) is 6.16. The maximum atomic E-state index is 5.98. The van der Waals surface area contributed by atoms with E-state index in [1.54, 1.807) is 0 Å². The molecule has 0 fully saturated rings. The van der Waals surface area contributed by atoms with E-state index in [9.17, 15) is 0 Å². The van der Waals surface area contributed by atoms with E-state index in [4.69, 9.17) is 27.9 Å². The Morgan fingerprint density at radius 2 is 1.61 bits per heavy atom. The van der Waals surface area contributed by atoms with Gasteiger partial charge in [-0.05, 0) is 44.0 Å². The fourth-order valence-electron chi connectivity index (χ4n) is 1.67. The second kappa shape index (κ2) is 5.12. The summed E-state index contributed by atoms with van der Waals surface area (Å²) in [7, 11) is 0. The summed E-state index contributed by atoms with van der Waals surface area (Å²) in [6.07, 6.45) is 1.38. The molecule has 0 radical (unpaired) electrons. The van der Waals surface area contributed by atoms with Crippen LogP contribution in [0.4, 0.5) is 0 Å². The van der Waals surface area contributed by atoms with Gasteiger partial charge in [-0.25, -0.2) is 9.97 Å². The summed E-state index contributed by atoms with van der Waals surface area (Å²) in [5.74, 6) is 1.21. The van der Waals surface area contributed by atoms with Crippen LogP contribution in [0.2, 0.25) is 10.2 Å². The summed E-state index contributed by atoms with van der Waals surface area (Å²) in [5.41, 5.74) is 2.62. The molecule has 1 aromatic carbocycles. The number of aromatic nitrogens is 2. The molecule has 2 aromatic rings. The van der Waals surface area contributed by atoms with Crippen LogP contribution in [0.1, 0.15) is 16.7 Å². The summed E-state index contributed by atoms with van der Waals surface area (Å²) in [4.78, 5) is 7.98. The van der Waals surface area contributed by atoms with E-state index in [2.05, 4.69) is 9.97 Å². The highest BCUT2D eigenvalue weighted by molar-refractivity contribution is 6.30. The molecule has 0 unspecified atom stereocenters. The number of rotatable bonds is 2. The highest BCUT2D eigenvalue weighted by atomic mass is 35.5. The molecule has 0 spiro atoms. The quantitative estimate of drug-likeness (QED) is 0.761. The van der Waals surface area contributed by atoms with Crippen molar-refractivity contribution < 1.29 is 4.74 Å². The molecule has 0 saturated heterocycles. The summed E-state index contributed by atoms with van der Waals surface area (Å²) in [6, 6.07) is 3.70. The van der Waals surface area contributed by atoms with Gasteiger partial charge < -0.3 is 4.74 Å². The molecule has 0 saturated carbocycles. The molecule has 2 rings (SSSR count). The van der Waals surface area contributed by atoms with E-state index in [1.807, 2.05) is 32.9 Å². The van der Waals surface area contributed by atoms with Gasteiger partial charge in [0.05, 0.1) is 0 Å². The highest BCUT2D eigenvalue weighted by Gasteiger charge is 2.11. The standard InChI is InChI=1S/C13H12Cl2N2O/c1-7-4-10(14)5-8(2)11(7)18-13-9(3)12(15)16-6-17-13/h4-6H,1-3H3. The zero-order chi connectivity index (χ0) is 13.3. The zero-order valence-electron chi connectivity index (χ0n) is 10.3. The predicted octanol–water partition coefficient (Wildman–Crippen LogP) is 4.50. The molecule has 0 aliphatic carbocycles. The van der Waals surface area contributed by atoms with Crippen molar-refractivity contribution in [1.82, 2.24) is 9.97 Å². The molecule has 94 valence electrons. The maximum absolute atomic E-state index is 5.98. The summed E-state index contributed by atoms with van der Waals surface area (Å²) in [5, 5.41) is 1.08. The first kappa shape index (κ1) is 13.1. The Bertz CT molecular complexity index is 577. The SMILES string of the molecule is Cc1cc(Cl)cc(C)c1Oc1ncnc(Cl)c1C. The molecule has 0 aliphatic rings. The first-order valence-electron chi connectivity index (χ1n) is 5.40. The van der Waals surface area contributed by atoms with E-state index in [0.29, 0.717) is 21.6 Å². The van der Waals surface area contributed by atoms with Crippen LogP contribution >= 0.6 is 23.2 Å². The Morgan fingerprint density at radius 3 is 2.22 bits per heavy atom. The van der Waals surface area contributed by atoms with E-state index in [-0.39, 0.29) is 0 Å². The number of hydrogen-bond donors (Lipinski definition) is 0. The lowest BCUT2D eigenvalue weighted by Crippen LogP contribution is -1.97. The molecule has 0 bridgehead atoms. The molecule has 3 nitrogen and oxygen atoms in total. The normalized spacial score (nSPS) is 10.5. The number of nitrogens with zero attached hydrogens (tertiary/aromatic N) is 2. The van der Waals surface area contributed by atoms with Gasteiger partial charge in [-0.3, -0.25) is 0 Å². The highest BCUT2D eigenvalue weighted by Crippen LogP contribution is 2.32. The van der Waals surface area contributed by atoms with Crippen LogP contribution in [0.15, 0.2) is 18.5 Å². The summed E-state index contributed by atoms with van der Waals surface area (Å²) in [6.45, 7) is 5.69. The van der Waals surface area contributed by atoms with Crippen LogP contribution in [0, 0.1) is 20.8 Å². The fourth-order valence-corrected chi connectivity index (χ4v) is 2.12. The zero-order valence-corrected chi connectivity index (χ0v) is 11.8. The molecule has 1 aromatic heterocycles. The molecule has 5 heteroatoms. The number of hydrogen-bond acceptors (Lipinski definition) is 3. The van der Waals surface area contributed by atoms with Crippen molar-refractivity contribution in [3.05, 3.63) is 45.3 Å². The second-order valence-corrected chi connectivity index (χ2v) is 4.86. The lowest BCUT2D eigenvalue weighted by Gasteiger charge is -2.13. The number of halogens is 2. The minimum absolute atomic E-state index is 0.393. The smallest absolute Gasteiger partial charge is 0.226 e. The molecular formula is C13H12Cl2N2O. The number of ether oxygens (including phenoxy) is 1. The first-order chi connectivity index (χ1) is 8.49. The number of benzene rings is 1. The van der Waals surface area contributed by atoms with Gasteiger partial charge in [0.25, 0.3) is 0 Å². The van der Waals surface area contributed by atoms with Crippen LogP contribution in [0.5, 0.6) is 11.6 Å². The van der Waals surface area contributed by atoms with Crippen molar-refractivity contribution >= 4 is 23.2 Å². The topological polar surface area (TPSA) is 35.0 Å². The van der Waals surface area contributed by atoms with Gasteiger partial charge in [0.15, 0.2) is 0 Å². The van der Waals surface area contributed by atoms with E-state index in [1.165, 1.54) is 6.33 Å². The van der Waals surface area contributed by atoms with Crippen molar-refractivity contribution in [3.8, 4) is 11.6 Å². The Balaban J connectivity index is 2.43. The Hall–Kier alpha value is -1.32. The Kier molecular flexibility index (Phi) is 3.73. The molecule has 0 N–H and O–H groups in total. The minimum atomic E-state index is 0.393. The van der Waals surface area contributed by atoms with Crippen LogP contribution < -0.4 is 4.74 Å². The summed E-state index contributed by atoms with van der Waals surface area (Å²) >= 11 is 11.9. The van der Waals surface area contributed by atoms with Crippen molar-refractivity contribution in [3.63, 3.8) is 0 Å². The fraction of sp³-hybridized carbons (Fsp3) is 0.231. The van der Waals surface area contributed by atoms with Gasteiger partial charge in [0.2, 0.25) is 5.88 Å². The Labute approximate surface area is 116 Å². The van der Waals surface area contributed by atoms with Crippen molar-refractivity contribution in [2.75, 3.05) is 0 Å². The summed E-state index contributed by atoms with van der Waals surface area (Å²) < 4.78 is 5.81. The van der Waals surface area contributed by atoms with Gasteiger partial charge in [-0.15, -0.1) is 0 Å². The largest absolute Gasteiger partial charge is 0.438 e.